The normalized spacial score (nSPS) is 24.1. The second-order valence-electron chi connectivity index (χ2n) is 5.57. The van der Waals surface area contributed by atoms with Crippen molar-refractivity contribution in [2.75, 3.05) is 0 Å². The zero-order chi connectivity index (χ0) is 13.8. The first-order chi connectivity index (χ1) is 9.83. The fourth-order valence-corrected chi connectivity index (χ4v) is 2.86. The minimum atomic E-state index is -0.352. The summed E-state index contributed by atoms with van der Waals surface area (Å²) in [5.41, 5.74) is 0.935. The molecule has 0 radical (unpaired) electrons. The first-order valence-electron chi connectivity index (χ1n) is 7.52. The molecule has 1 aliphatic rings. The smallest absolute Gasteiger partial charge is 0.124 e. The largest absolute Gasteiger partial charge is 0.488 e. The summed E-state index contributed by atoms with van der Waals surface area (Å²) in [6, 6.07) is 9.92. The second kappa shape index (κ2) is 6.23. The van der Waals surface area contributed by atoms with E-state index in [1.54, 1.807) is 6.20 Å². The topological polar surface area (TPSA) is 42.4 Å². The van der Waals surface area contributed by atoms with Crippen molar-refractivity contribution in [2.24, 2.45) is 0 Å². The first-order valence-corrected chi connectivity index (χ1v) is 7.52. The zero-order valence-corrected chi connectivity index (χ0v) is 11.7. The monoisotopic (exact) mass is 271 g/mol. The molecule has 0 spiro atoms. The highest BCUT2D eigenvalue weighted by Gasteiger charge is 2.22. The van der Waals surface area contributed by atoms with Gasteiger partial charge in [-0.25, -0.2) is 0 Å². The number of hydrogen-bond donors (Lipinski definition) is 1. The molecule has 2 atom stereocenters. The molecular formula is C17H21NO2. The Bertz CT molecular complexity index is 570. The highest BCUT2D eigenvalue weighted by Crippen LogP contribution is 2.25. The van der Waals surface area contributed by atoms with Crippen molar-refractivity contribution >= 4 is 10.9 Å². The third-order valence-corrected chi connectivity index (χ3v) is 4.03. The van der Waals surface area contributed by atoms with Crippen molar-refractivity contribution in [3.63, 3.8) is 0 Å². The first kappa shape index (κ1) is 13.4. The van der Waals surface area contributed by atoms with E-state index in [2.05, 4.69) is 4.98 Å². The Kier molecular flexibility index (Phi) is 4.16. The van der Waals surface area contributed by atoms with Gasteiger partial charge in [0.25, 0.3) is 0 Å². The van der Waals surface area contributed by atoms with E-state index in [4.69, 9.17) is 4.74 Å². The van der Waals surface area contributed by atoms with Crippen LogP contribution < -0.4 is 4.74 Å². The van der Waals surface area contributed by atoms with Crippen LogP contribution in [-0.4, -0.2) is 22.3 Å². The molecule has 0 bridgehead atoms. The van der Waals surface area contributed by atoms with Gasteiger partial charge in [0.2, 0.25) is 0 Å². The minimum absolute atomic E-state index is 0.0866. The van der Waals surface area contributed by atoms with E-state index in [1.807, 2.05) is 30.3 Å². The summed E-state index contributed by atoms with van der Waals surface area (Å²) >= 11 is 0. The number of rotatable bonds is 2. The number of benzene rings is 1. The van der Waals surface area contributed by atoms with Crippen molar-refractivity contribution in [1.29, 1.82) is 0 Å². The van der Waals surface area contributed by atoms with Gasteiger partial charge in [-0.05, 0) is 37.5 Å². The molecule has 1 heterocycles. The molecule has 0 saturated heterocycles. The average Bonchev–Trinajstić information content (AvgIpc) is 2.47. The number of aliphatic hydroxyl groups excluding tert-OH is 1. The lowest BCUT2D eigenvalue weighted by Crippen LogP contribution is -2.32. The van der Waals surface area contributed by atoms with Gasteiger partial charge in [-0.15, -0.1) is 0 Å². The van der Waals surface area contributed by atoms with Crippen LogP contribution in [0.4, 0.5) is 0 Å². The Hall–Kier alpha value is -1.61. The van der Waals surface area contributed by atoms with Crippen LogP contribution in [0.1, 0.15) is 38.5 Å². The van der Waals surface area contributed by atoms with E-state index in [0.717, 1.165) is 42.3 Å². The Labute approximate surface area is 119 Å². The van der Waals surface area contributed by atoms with Gasteiger partial charge in [-0.3, -0.25) is 4.98 Å². The maximum absolute atomic E-state index is 10.2. The van der Waals surface area contributed by atoms with Gasteiger partial charge in [0.15, 0.2) is 0 Å². The summed E-state index contributed by atoms with van der Waals surface area (Å²) < 4.78 is 6.02. The maximum atomic E-state index is 10.2. The summed E-state index contributed by atoms with van der Waals surface area (Å²) in [6.07, 6.45) is 7.82. The molecular weight excluding hydrogens is 250 g/mol. The number of fused-ring (bicyclic) bond motifs is 1. The summed E-state index contributed by atoms with van der Waals surface area (Å²) in [5.74, 6) is 0.806. The van der Waals surface area contributed by atoms with Gasteiger partial charge in [-0.2, -0.15) is 0 Å². The molecule has 106 valence electrons. The van der Waals surface area contributed by atoms with E-state index < -0.39 is 0 Å². The van der Waals surface area contributed by atoms with Crippen LogP contribution >= 0.6 is 0 Å². The number of ether oxygens (including phenoxy) is 1. The van der Waals surface area contributed by atoms with Gasteiger partial charge in [0.05, 0.1) is 11.6 Å². The van der Waals surface area contributed by atoms with Crippen molar-refractivity contribution in [3.05, 3.63) is 36.5 Å². The quantitative estimate of drug-likeness (QED) is 0.905. The minimum Gasteiger partial charge on any atom is -0.488 e. The fourth-order valence-electron chi connectivity index (χ4n) is 2.86. The molecule has 0 amide bonds. The van der Waals surface area contributed by atoms with Gasteiger partial charge >= 0.3 is 0 Å². The molecule has 1 aromatic heterocycles. The molecule has 2 aromatic rings. The number of aliphatic hydroxyl groups is 1. The van der Waals surface area contributed by atoms with Gasteiger partial charge < -0.3 is 9.84 Å². The standard InChI is InChI=1S/C17H21NO2/c19-16-7-3-1-2-4-8-17(16)20-14-10-9-13-6-5-11-18-15(13)12-14/h5-6,9-12,16-17,19H,1-4,7-8H2. The lowest BCUT2D eigenvalue weighted by molar-refractivity contribution is 0.0188. The van der Waals surface area contributed by atoms with E-state index in [0.29, 0.717) is 0 Å². The number of hydrogen-bond acceptors (Lipinski definition) is 3. The molecule has 20 heavy (non-hydrogen) atoms. The molecule has 3 rings (SSSR count). The van der Waals surface area contributed by atoms with Crippen LogP contribution in [0.3, 0.4) is 0 Å². The predicted octanol–water partition coefficient (Wildman–Crippen LogP) is 3.70. The third kappa shape index (κ3) is 3.10. The van der Waals surface area contributed by atoms with Crippen LogP contribution in [-0.2, 0) is 0 Å². The number of aromatic nitrogens is 1. The summed E-state index contributed by atoms with van der Waals surface area (Å²) in [4.78, 5) is 4.34. The molecule has 3 heteroatoms. The molecule has 1 aliphatic carbocycles. The van der Waals surface area contributed by atoms with Crippen LogP contribution in [0.25, 0.3) is 10.9 Å². The third-order valence-electron chi connectivity index (χ3n) is 4.03. The Morgan fingerprint density at radius 1 is 1.05 bits per heavy atom. The molecule has 1 fully saturated rings. The molecule has 1 saturated carbocycles. The molecule has 0 aliphatic heterocycles. The Balaban J connectivity index is 1.76. The van der Waals surface area contributed by atoms with Crippen molar-refractivity contribution in [3.8, 4) is 5.75 Å². The van der Waals surface area contributed by atoms with Gasteiger partial charge in [-0.1, -0.05) is 25.3 Å². The predicted molar refractivity (Wildman–Crippen MR) is 79.9 cm³/mol. The second-order valence-corrected chi connectivity index (χ2v) is 5.57. The number of pyridine rings is 1. The molecule has 3 nitrogen and oxygen atoms in total. The SMILES string of the molecule is OC1CCCCCCC1Oc1ccc2cccnc2c1. The fraction of sp³-hybridized carbons (Fsp3) is 0.471. The van der Waals surface area contributed by atoms with Crippen LogP contribution in [0.2, 0.25) is 0 Å². The van der Waals surface area contributed by atoms with Crippen molar-refractivity contribution in [2.45, 2.75) is 50.7 Å². The van der Waals surface area contributed by atoms with E-state index in [9.17, 15) is 5.11 Å². The van der Waals surface area contributed by atoms with E-state index in [1.165, 1.54) is 12.8 Å². The highest BCUT2D eigenvalue weighted by molar-refractivity contribution is 5.79. The average molecular weight is 271 g/mol. The molecule has 1 N–H and O–H groups in total. The van der Waals surface area contributed by atoms with Crippen LogP contribution in [0, 0.1) is 0 Å². The lowest BCUT2D eigenvalue weighted by Gasteiger charge is -2.26. The summed E-state index contributed by atoms with van der Waals surface area (Å²) in [6.45, 7) is 0. The Morgan fingerprint density at radius 3 is 2.80 bits per heavy atom. The summed E-state index contributed by atoms with van der Waals surface area (Å²) in [5, 5.41) is 11.3. The zero-order valence-electron chi connectivity index (χ0n) is 11.7. The van der Waals surface area contributed by atoms with Crippen LogP contribution in [0.5, 0.6) is 5.75 Å². The van der Waals surface area contributed by atoms with Crippen molar-refractivity contribution in [1.82, 2.24) is 4.98 Å². The molecule has 2 unspecified atom stereocenters. The highest BCUT2D eigenvalue weighted by atomic mass is 16.5. The Morgan fingerprint density at radius 2 is 1.90 bits per heavy atom. The summed E-state index contributed by atoms with van der Waals surface area (Å²) in [7, 11) is 0. The van der Waals surface area contributed by atoms with Crippen molar-refractivity contribution < 1.29 is 9.84 Å². The van der Waals surface area contributed by atoms with Gasteiger partial charge in [0.1, 0.15) is 11.9 Å². The van der Waals surface area contributed by atoms with Gasteiger partial charge in [0, 0.05) is 17.6 Å². The van der Waals surface area contributed by atoms with Crippen LogP contribution in [0.15, 0.2) is 36.5 Å². The molecule has 1 aromatic carbocycles. The maximum Gasteiger partial charge on any atom is 0.124 e. The number of nitrogens with zero attached hydrogens (tertiary/aromatic N) is 1. The lowest BCUT2D eigenvalue weighted by atomic mass is 9.96. The van der Waals surface area contributed by atoms with E-state index >= 15 is 0 Å². The van der Waals surface area contributed by atoms with E-state index in [-0.39, 0.29) is 12.2 Å².